The molecule has 0 aromatic rings. The molecule has 5 aliphatic carbocycles. The van der Waals surface area contributed by atoms with Gasteiger partial charge in [0.1, 0.15) is 17.1 Å². The molecule has 0 radical (unpaired) electrons. The molecule has 23 heteroatoms. The average molecular weight is 1030 g/mol. The third-order valence-corrected chi connectivity index (χ3v) is 18.0. The SMILES string of the molecule is CN1CC2(CCC(=O)CC2)N(C)C1=O.CN1CC2(CCC3(CC2)OCCO3)N(C)C1=O.O=C1CCC2(CC1)OCCO2.O=C1NC(=O)C2(CCC3(CC2)OCCO3)N1.O=C1NCC2(CCC3(CC2)OCCO3)N1. The first kappa shape index (κ1) is 53.6. The Labute approximate surface area is 427 Å². The van der Waals surface area contributed by atoms with Crippen LogP contribution in [0.1, 0.15) is 128 Å². The van der Waals surface area contributed by atoms with Gasteiger partial charge >= 0.3 is 24.1 Å². The lowest BCUT2D eigenvalue weighted by Crippen LogP contribution is -2.53. The first-order valence-electron chi connectivity index (χ1n) is 26.6. The van der Waals surface area contributed by atoms with Gasteiger partial charge in [-0.3, -0.25) is 19.7 Å². The van der Waals surface area contributed by atoms with Crippen LogP contribution in [0.4, 0.5) is 19.2 Å². The molecule has 4 N–H and O–H groups in total. The lowest BCUT2D eigenvalue weighted by molar-refractivity contribution is -0.189. The van der Waals surface area contributed by atoms with Crippen LogP contribution in [-0.4, -0.2) is 207 Å². The Balaban J connectivity index is 0.000000113. The number of nitrogens with one attached hydrogen (secondary N) is 4. The van der Waals surface area contributed by atoms with Gasteiger partial charge in [-0.15, -0.1) is 0 Å². The molecule has 9 amide bonds. The van der Waals surface area contributed by atoms with Gasteiger partial charge in [-0.25, -0.2) is 19.2 Å². The van der Waals surface area contributed by atoms with E-state index in [1.807, 2.05) is 42.9 Å². The number of ether oxygens (including phenoxy) is 8. The summed E-state index contributed by atoms with van der Waals surface area (Å²) in [5.41, 5.74) is -0.818. The van der Waals surface area contributed by atoms with E-state index in [1.165, 1.54) is 0 Å². The van der Waals surface area contributed by atoms with Crippen LogP contribution >= 0.6 is 0 Å². The molecule has 8 heterocycles. The Hall–Kier alpha value is -4.23. The third kappa shape index (κ3) is 11.2. The Morgan fingerprint density at radius 3 is 1.10 bits per heavy atom. The molecule has 5 saturated carbocycles. The third-order valence-electron chi connectivity index (χ3n) is 18.0. The van der Waals surface area contributed by atoms with Crippen molar-refractivity contribution in [3.05, 3.63) is 0 Å². The van der Waals surface area contributed by atoms with E-state index in [4.69, 9.17) is 37.9 Å². The molecule has 0 atom stereocenters. The van der Waals surface area contributed by atoms with E-state index < -0.39 is 17.4 Å². The summed E-state index contributed by atoms with van der Waals surface area (Å²) in [4.78, 5) is 86.8. The van der Waals surface area contributed by atoms with Crippen LogP contribution in [0.25, 0.3) is 0 Å². The summed E-state index contributed by atoms with van der Waals surface area (Å²) in [6.45, 7) is 7.79. The predicted octanol–water partition coefficient (Wildman–Crippen LogP) is 3.01. The Morgan fingerprint density at radius 2 is 0.753 bits per heavy atom. The van der Waals surface area contributed by atoms with Crippen molar-refractivity contribution in [2.45, 2.75) is 174 Å². The Morgan fingerprint density at radius 1 is 0.397 bits per heavy atom. The summed E-state index contributed by atoms with van der Waals surface area (Å²) in [5, 5.41) is 10.8. The van der Waals surface area contributed by atoms with Crippen molar-refractivity contribution in [3.63, 3.8) is 0 Å². The van der Waals surface area contributed by atoms with Crippen molar-refractivity contribution >= 4 is 41.6 Å². The fourth-order valence-electron chi connectivity index (χ4n) is 13.2. The minimum absolute atomic E-state index is 0.00634. The van der Waals surface area contributed by atoms with Crippen molar-refractivity contribution in [1.82, 2.24) is 40.9 Å². The number of likely N-dealkylation sites (N-methyl/N-ethyl adjacent to an activating group) is 4. The van der Waals surface area contributed by atoms with E-state index >= 15 is 0 Å². The Kier molecular flexibility index (Phi) is 15.5. The van der Waals surface area contributed by atoms with Gasteiger partial charge in [0.2, 0.25) is 0 Å². The zero-order chi connectivity index (χ0) is 51.8. The summed E-state index contributed by atoms with van der Waals surface area (Å²) < 4.78 is 44.8. The molecule has 13 fully saturated rings. The standard InChI is InChI=1S/C12H20N2O3.C10H14N2O4.C10H16N2O3.C10H16N2O2.C8H12O3/c1-13-9-11(14(2)10(13)15)3-5-12(6-4-11)16-7-8-17-12;13-7-9(12-8(14)11-7)1-3-10(4-2-9)15-5-6-16-10;13-8-11-7-9(12-8)1-3-10(4-2-9)14-5-6-15-10;1-11-7-10(12(2)9(11)14)5-3-8(13)4-6-10;9-7-1-3-8(4-2-7)10-5-6-11-8/h3-9H2,1-2H3;1-6H2,(H2,11,12,13,14);1-7H2,(H2,11,12,13);3-7H2,1-2H3;1-6H2. The van der Waals surface area contributed by atoms with Crippen LogP contribution in [0, 0.1) is 0 Å². The molecular formula is C50H78N8O15. The molecule has 73 heavy (non-hydrogen) atoms. The summed E-state index contributed by atoms with van der Waals surface area (Å²) in [6.07, 6.45) is 15.5. The van der Waals surface area contributed by atoms with Crippen molar-refractivity contribution in [2.24, 2.45) is 0 Å². The first-order chi connectivity index (χ1) is 34.8. The number of ketones is 2. The monoisotopic (exact) mass is 1030 g/mol. The number of hydrogen-bond acceptors (Lipinski definition) is 15. The molecule has 0 aromatic carbocycles. The van der Waals surface area contributed by atoms with Gasteiger partial charge < -0.3 is 73.4 Å². The van der Waals surface area contributed by atoms with Gasteiger partial charge in [-0.05, 0) is 51.4 Å². The van der Waals surface area contributed by atoms with E-state index in [-0.39, 0.29) is 58.0 Å². The number of urea groups is 4. The number of rotatable bonds is 0. The minimum Gasteiger partial charge on any atom is -0.348 e. The van der Waals surface area contributed by atoms with Crippen LogP contribution < -0.4 is 21.3 Å². The van der Waals surface area contributed by atoms with Crippen LogP contribution in [0.15, 0.2) is 0 Å². The number of Topliss-reactive ketones (excluding diaryl/α,β-unsaturated/α-hetero) is 2. The van der Waals surface area contributed by atoms with Crippen LogP contribution in [0.3, 0.4) is 0 Å². The molecule has 0 unspecified atom stereocenters. The van der Waals surface area contributed by atoms with Gasteiger partial charge in [0, 0.05) is 125 Å². The van der Waals surface area contributed by atoms with Crippen LogP contribution in [-0.2, 0) is 52.3 Å². The van der Waals surface area contributed by atoms with Crippen molar-refractivity contribution in [2.75, 3.05) is 101 Å². The lowest BCUT2D eigenvalue weighted by atomic mass is 9.78. The summed E-state index contributed by atoms with van der Waals surface area (Å²) in [5.74, 6) is -1.08. The molecular weight excluding hydrogens is 953 g/mol. The van der Waals surface area contributed by atoms with Crippen molar-refractivity contribution < 1.29 is 71.5 Å². The maximum Gasteiger partial charge on any atom is 0.322 e. The minimum atomic E-state index is -0.725. The second-order valence-corrected chi connectivity index (χ2v) is 22.4. The fraction of sp³-hybridized carbons (Fsp3) is 0.860. The van der Waals surface area contributed by atoms with Crippen LogP contribution in [0.5, 0.6) is 0 Å². The highest BCUT2D eigenvalue weighted by Gasteiger charge is 2.55. The number of nitrogens with zero attached hydrogens (tertiary/aromatic N) is 4. The average Bonchev–Trinajstić information content (AvgIpc) is 4.30. The van der Waals surface area contributed by atoms with Gasteiger partial charge in [-0.1, -0.05) is 0 Å². The highest BCUT2D eigenvalue weighted by molar-refractivity contribution is 6.07. The number of carbonyl (C=O) groups excluding carboxylic acids is 7. The largest absolute Gasteiger partial charge is 0.348 e. The highest BCUT2D eigenvalue weighted by atomic mass is 16.8. The second kappa shape index (κ2) is 21.1. The smallest absolute Gasteiger partial charge is 0.322 e. The summed E-state index contributed by atoms with van der Waals surface area (Å²) in [6, 6.07) is -0.220. The van der Waals surface area contributed by atoms with E-state index in [0.29, 0.717) is 116 Å². The molecule has 408 valence electrons. The maximum absolute atomic E-state index is 11.9. The highest BCUT2D eigenvalue weighted by Crippen LogP contribution is 2.46. The van der Waals surface area contributed by atoms with E-state index in [2.05, 4.69) is 21.3 Å². The maximum atomic E-state index is 11.9. The fourth-order valence-corrected chi connectivity index (χ4v) is 13.2. The summed E-state index contributed by atoms with van der Waals surface area (Å²) >= 11 is 0. The number of amides is 9. The van der Waals surface area contributed by atoms with Gasteiger partial charge in [0.15, 0.2) is 23.1 Å². The molecule has 8 saturated heterocycles. The predicted molar refractivity (Wildman–Crippen MR) is 257 cm³/mol. The van der Waals surface area contributed by atoms with Gasteiger partial charge in [0.05, 0.1) is 69.5 Å². The van der Waals surface area contributed by atoms with E-state index in [0.717, 1.165) is 96.7 Å². The molecule has 8 spiro atoms. The normalized spacial score (nSPS) is 30.0. The zero-order valence-corrected chi connectivity index (χ0v) is 43.3. The molecule has 13 rings (SSSR count). The second-order valence-electron chi connectivity index (χ2n) is 22.4. The topological polar surface area (TPSA) is 254 Å². The molecule has 13 aliphatic rings. The first-order valence-corrected chi connectivity index (χ1v) is 26.6. The molecule has 0 bridgehead atoms. The van der Waals surface area contributed by atoms with Gasteiger partial charge in [-0.2, -0.15) is 0 Å². The van der Waals surface area contributed by atoms with Gasteiger partial charge in [0.25, 0.3) is 5.91 Å². The molecule has 0 aromatic heterocycles. The number of imide groups is 1. The lowest BCUT2D eigenvalue weighted by Gasteiger charge is -2.44. The summed E-state index contributed by atoms with van der Waals surface area (Å²) in [7, 11) is 7.46. The molecule has 8 aliphatic heterocycles. The number of carbonyl (C=O) groups is 7. The molecule has 23 nitrogen and oxygen atoms in total. The quantitative estimate of drug-likeness (QED) is 0.255. The van der Waals surface area contributed by atoms with E-state index in [9.17, 15) is 33.6 Å². The zero-order valence-electron chi connectivity index (χ0n) is 43.3. The Bertz CT molecular complexity index is 2050. The van der Waals surface area contributed by atoms with Crippen molar-refractivity contribution in [1.29, 1.82) is 0 Å². The van der Waals surface area contributed by atoms with Crippen molar-refractivity contribution in [3.8, 4) is 0 Å². The van der Waals surface area contributed by atoms with E-state index in [1.54, 1.807) is 4.90 Å². The van der Waals surface area contributed by atoms with Crippen LogP contribution in [0.2, 0.25) is 0 Å². The number of hydrogen-bond donors (Lipinski definition) is 4.